The lowest BCUT2D eigenvalue weighted by atomic mass is 9.85. The summed E-state index contributed by atoms with van der Waals surface area (Å²) in [4.78, 5) is 29.4. The lowest BCUT2D eigenvalue weighted by molar-refractivity contribution is 0.0165. The Balaban J connectivity index is 0.627. The molecule has 2 unspecified atom stereocenters. The second-order valence-corrected chi connectivity index (χ2v) is 24.6. The van der Waals surface area contributed by atoms with Crippen LogP contribution in [0.1, 0.15) is 45.2 Å². The molecule has 0 saturated carbocycles. The maximum Gasteiger partial charge on any atom is 0.319 e. The number of urea groups is 2. The Labute approximate surface area is 500 Å². The van der Waals surface area contributed by atoms with Crippen LogP contribution in [0, 0.1) is 0 Å². The maximum absolute atomic E-state index is 12.9. The summed E-state index contributed by atoms with van der Waals surface area (Å²) in [5.74, 6) is -0.000292. The van der Waals surface area contributed by atoms with Crippen molar-refractivity contribution < 1.29 is 54.8 Å². The van der Waals surface area contributed by atoms with Gasteiger partial charge in [0, 0.05) is 95.7 Å². The highest BCUT2D eigenvalue weighted by Crippen LogP contribution is 2.40. The molecule has 20 nitrogen and oxygen atoms in total. The highest BCUT2D eigenvalue weighted by Gasteiger charge is 2.29. The molecule has 0 saturated heterocycles. The van der Waals surface area contributed by atoms with Crippen molar-refractivity contribution in [3.63, 3.8) is 0 Å². The Bertz CT molecular complexity index is 2890. The topological polar surface area (TPSA) is 236 Å². The van der Waals surface area contributed by atoms with E-state index in [0.717, 1.165) is 46.5 Å². The minimum Gasteiger partial charge on any atom is -0.378 e. The summed E-state index contributed by atoms with van der Waals surface area (Å²) in [5, 5.41) is 13.2. The second-order valence-electron chi connectivity index (χ2n) is 19.4. The SMILES string of the molecule is CN1Cc2c(Cl)cc(Cl)cc2C(c2ccc(S(=O)(=O)NCCOCCOCCOCCNC(=O)Nc3ccc(NC(=O)NCCOCCOCCOCCNS(=O)(=O)c4ccc(C5CN(C)Cc6c(Cl)cc(Cl)cc65)cc4)cc3)cc2)C1. The van der Waals surface area contributed by atoms with Gasteiger partial charge in [-0.2, -0.15) is 0 Å². The first-order valence-corrected chi connectivity index (χ1v) is 31.1. The summed E-state index contributed by atoms with van der Waals surface area (Å²) in [6.07, 6.45) is 0. The number of hydrogen-bond donors (Lipinski definition) is 6. The van der Waals surface area contributed by atoms with Gasteiger partial charge in [-0.3, -0.25) is 0 Å². The molecule has 0 bridgehead atoms. The Hall–Kier alpha value is -4.70. The van der Waals surface area contributed by atoms with E-state index in [4.69, 9.17) is 74.8 Å². The number of hydrogen-bond acceptors (Lipinski definition) is 14. The highest BCUT2D eigenvalue weighted by molar-refractivity contribution is 7.89. The van der Waals surface area contributed by atoms with E-state index in [9.17, 15) is 26.4 Å². The number of anilines is 2. The molecule has 82 heavy (non-hydrogen) atoms. The van der Waals surface area contributed by atoms with Crippen LogP contribution in [0.25, 0.3) is 0 Å². The normalized spacial score (nSPS) is 15.6. The van der Waals surface area contributed by atoms with Crippen LogP contribution in [0.2, 0.25) is 20.1 Å². The van der Waals surface area contributed by atoms with Crippen molar-refractivity contribution in [3.05, 3.63) is 151 Å². The summed E-state index contributed by atoms with van der Waals surface area (Å²) < 4.78 is 90.0. The second kappa shape index (κ2) is 32.5. The third kappa shape index (κ3) is 20.2. The Morgan fingerprint density at radius 1 is 0.463 bits per heavy atom. The van der Waals surface area contributed by atoms with Gasteiger partial charge in [0.2, 0.25) is 20.0 Å². The number of halogens is 4. The van der Waals surface area contributed by atoms with Crippen LogP contribution in [0.15, 0.2) is 107 Å². The number of benzene rings is 5. The number of nitrogens with zero attached hydrogens (tertiary/aromatic N) is 2. The molecule has 2 atom stereocenters. The summed E-state index contributed by atoms with van der Waals surface area (Å²) >= 11 is 25.6. The number of amides is 4. The van der Waals surface area contributed by atoms with E-state index in [1.54, 1.807) is 60.7 Å². The van der Waals surface area contributed by atoms with Gasteiger partial charge in [-0.25, -0.2) is 35.9 Å². The molecule has 0 aliphatic carbocycles. The van der Waals surface area contributed by atoms with Crippen molar-refractivity contribution in [2.45, 2.75) is 34.7 Å². The van der Waals surface area contributed by atoms with Crippen molar-refractivity contribution in [1.29, 1.82) is 0 Å². The molecule has 0 radical (unpaired) electrons. The van der Waals surface area contributed by atoms with Gasteiger partial charge >= 0.3 is 12.1 Å². The molecule has 5 aromatic rings. The van der Waals surface area contributed by atoms with Crippen molar-refractivity contribution in [2.24, 2.45) is 0 Å². The van der Waals surface area contributed by atoms with E-state index >= 15 is 0 Å². The molecule has 2 aliphatic rings. The number of sulfonamides is 2. The fourth-order valence-electron chi connectivity index (χ4n) is 9.23. The van der Waals surface area contributed by atoms with Crippen LogP contribution in [0.4, 0.5) is 21.0 Å². The molecular formula is C56H70Cl4N8O12S2. The number of likely N-dealkylation sites (N-methyl/N-ethyl adjacent to an activating group) is 2. The Morgan fingerprint density at radius 3 is 1.12 bits per heavy atom. The minimum absolute atomic E-state index is 0.000146. The number of ether oxygens (including phenoxy) is 6. The van der Waals surface area contributed by atoms with Gasteiger partial charge in [0.15, 0.2) is 0 Å². The van der Waals surface area contributed by atoms with Crippen LogP contribution in [-0.4, -0.2) is 171 Å². The van der Waals surface area contributed by atoms with E-state index in [1.165, 1.54) is 0 Å². The largest absolute Gasteiger partial charge is 0.378 e. The summed E-state index contributed by atoms with van der Waals surface area (Å²) in [6, 6.07) is 26.8. The third-order valence-electron chi connectivity index (χ3n) is 13.2. The first-order chi connectivity index (χ1) is 39.5. The molecule has 4 amide bonds. The third-order valence-corrected chi connectivity index (χ3v) is 17.3. The molecule has 2 aliphatic heterocycles. The first kappa shape index (κ1) is 64.9. The lowest BCUT2D eigenvalue weighted by Gasteiger charge is -2.33. The zero-order valence-electron chi connectivity index (χ0n) is 45.7. The average Bonchev–Trinajstić information content (AvgIpc) is 3.65. The van der Waals surface area contributed by atoms with Crippen molar-refractivity contribution >= 4 is 89.9 Å². The van der Waals surface area contributed by atoms with Crippen molar-refractivity contribution in [1.82, 2.24) is 29.9 Å². The minimum atomic E-state index is -3.74. The first-order valence-electron chi connectivity index (χ1n) is 26.6. The molecule has 2 heterocycles. The Morgan fingerprint density at radius 2 is 0.780 bits per heavy atom. The molecule has 0 aromatic heterocycles. The smallest absolute Gasteiger partial charge is 0.319 e. The van der Waals surface area contributed by atoms with E-state index in [1.807, 2.05) is 50.5 Å². The number of carbonyl (C=O) groups is 2. The monoisotopic (exact) mass is 1250 g/mol. The van der Waals surface area contributed by atoms with Crippen molar-refractivity contribution in [3.8, 4) is 0 Å². The number of nitrogens with one attached hydrogen (secondary N) is 6. The van der Waals surface area contributed by atoms with E-state index < -0.39 is 32.1 Å². The molecular weight excluding hydrogens is 1180 g/mol. The van der Waals surface area contributed by atoms with Gasteiger partial charge in [0.25, 0.3) is 0 Å². The van der Waals surface area contributed by atoms with Crippen LogP contribution >= 0.6 is 46.4 Å². The van der Waals surface area contributed by atoms with E-state index in [2.05, 4.69) is 40.5 Å². The van der Waals surface area contributed by atoms with Gasteiger partial charge in [-0.1, -0.05) is 70.7 Å². The predicted molar refractivity (Wildman–Crippen MR) is 318 cm³/mol. The predicted octanol–water partition coefficient (Wildman–Crippen LogP) is 7.75. The van der Waals surface area contributed by atoms with Crippen LogP contribution in [0.5, 0.6) is 0 Å². The number of carbonyl (C=O) groups excluding carboxylic acids is 2. The summed E-state index contributed by atoms with van der Waals surface area (Å²) in [7, 11) is -3.44. The van der Waals surface area contributed by atoms with Crippen molar-refractivity contribution in [2.75, 3.05) is 143 Å². The zero-order valence-corrected chi connectivity index (χ0v) is 50.3. The Kier molecular flexibility index (Phi) is 25.7. The fourth-order valence-corrected chi connectivity index (χ4v) is 12.4. The quantitative estimate of drug-likeness (QED) is 0.0226. The molecule has 0 spiro atoms. The van der Waals surface area contributed by atoms with Crippen LogP contribution in [0.3, 0.4) is 0 Å². The number of rotatable bonds is 32. The fraction of sp³-hybridized carbons (Fsp3) is 0.429. The molecule has 26 heteroatoms. The maximum atomic E-state index is 12.9. The highest BCUT2D eigenvalue weighted by atomic mass is 35.5. The molecule has 446 valence electrons. The standard InChI is InChI=1S/C56H70Cl4N8O12S2/c1-67-35-49(47-31-41(57)33-53(59)51(47)37-67)39-3-11-45(12-4-39)81(71,72)63-17-21-77-25-29-79-27-23-75-19-15-61-55(69)65-43-7-9-44(10-8-43)66-56(70)62-16-20-76-24-28-80-30-26-78-22-18-64-82(73,74)46-13-5-40(6-14-46)50-36-68(2)38-52-48(50)32-42(58)34-54(52)60/h3-14,31-34,49-50,63-64H,15-30,35-38H2,1-2H3,(H2,61,65,69)(H2,62,66,70). The molecule has 7 rings (SSSR count). The van der Waals surface area contributed by atoms with Gasteiger partial charge in [0.1, 0.15) is 0 Å². The molecule has 0 fully saturated rings. The van der Waals surface area contributed by atoms with Gasteiger partial charge in [0.05, 0.1) is 89.1 Å². The van der Waals surface area contributed by atoms with Crippen LogP contribution in [-0.2, 0) is 61.6 Å². The lowest BCUT2D eigenvalue weighted by Crippen LogP contribution is -2.32. The number of fused-ring (bicyclic) bond motifs is 2. The zero-order chi connectivity index (χ0) is 58.5. The average molecular weight is 1250 g/mol. The summed E-state index contributed by atoms with van der Waals surface area (Å²) in [6.45, 7) is 6.84. The van der Waals surface area contributed by atoms with E-state index in [-0.39, 0.29) is 87.4 Å². The molecule has 5 aromatic carbocycles. The van der Waals surface area contributed by atoms with Gasteiger partial charge in [-0.15, -0.1) is 0 Å². The van der Waals surface area contributed by atoms with Crippen LogP contribution < -0.4 is 30.7 Å². The van der Waals surface area contributed by atoms with E-state index in [0.29, 0.717) is 84.2 Å². The summed E-state index contributed by atoms with van der Waals surface area (Å²) in [5.41, 5.74) is 7.13. The van der Waals surface area contributed by atoms with Gasteiger partial charge in [-0.05, 0) is 120 Å². The molecule has 6 N–H and O–H groups in total. The van der Waals surface area contributed by atoms with Gasteiger partial charge < -0.3 is 59.5 Å².